The van der Waals surface area contributed by atoms with Crippen LogP contribution in [0.2, 0.25) is 0 Å². The first kappa shape index (κ1) is 15.0. The van der Waals surface area contributed by atoms with E-state index in [4.69, 9.17) is 9.15 Å². The Morgan fingerprint density at radius 2 is 2.30 bits per heavy atom. The number of carbonyl (C=O) groups excluding carboxylic acids is 1. The van der Waals surface area contributed by atoms with Crippen LogP contribution in [0.1, 0.15) is 38.8 Å². The number of rotatable bonds is 3. The molecule has 20 heavy (non-hydrogen) atoms. The van der Waals surface area contributed by atoms with Crippen molar-refractivity contribution in [3.8, 4) is 0 Å². The van der Waals surface area contributed by atoms with Gasteiger partial charge in [0.05, 0.1) is 26.0 Å². The second-order valence-electron chi connectivity index (χ2n) is 6.23. The minimum Gasteiger partial charge on any atom is -0.468 e. The van der Waals surface area contributed by atoms with Gasteiger partial charge in [0, 0.05) is 18.4 Å². The van der Waals surface area contributed by atoms with E-state index in [2.05, 4.69) is 4.98 Å². The minimum absolute atomic E-state index is 0.0997. The van der Waals surface area contributed by atoms with E-state index in [0.29, 0.717) is 25.4 Å². The van der Waals surface area contributed by atoms with Crippen molar-refractivity contribution in [3.05, 3.63) is 17.8 Å². The topological polar surface area (TPSA) is 75.8 Å². The van der Waals surface area contributed by atoms with Crippen molar-refractivity contribution in [2.75, 3.05) is 13.7 Å². The predicted molar refractivity (Wildman–Crippen MR) is 72.0 cm³/mol. The molecule has 2 rings (SSSR count). The third-order valence-corrected chi connectivity index (χ3v) is 3.49. The summed E-state index contributed by atoms with van der Waals surface area (Å²) >= 11 is 0. The van der Waals surface area contributed by atoms with E-state index >= 15 is 0 Å². The van der Waals surface area contributed by atoms with Gasteiger partial charge in [0.25, 0.3) is 0 Å². The summed E-state index contributed by atoms with van der Waals surface area (Å²) in [6.45, 7) is 6.97. The van der Waals surface area contributed by atoms with E-state index in [1.54, 1.807) is 6.20 Å². The van der Waals surface area contributed by atoms with Crippen molar-refractivity contribution in [3.63, 3.8) is 0 Å². The highest BCUT2D eigenvalue weighted by atomic mass is 16.5. The van der Waals surface area contributed by atoms with Crippen molar-refractivity contribution in [2.45, 2.75) is 51.3 Å². The lowest BCUT2D eigenvalue weighted by molar-refractivity contribution is -0.146. The van der Waals surface area contributed by atoms with E-state index in [-0.39, 0.29) is 11.4 Å². The number of aliphatic hydroxyl groups excluding tert-OH is 1. The first-order chi connectivity index (χ1) is 9.31. The van der Waals surface area contributed by atoms with Crippen LogP contribution in [-0.4, -0.2) is 46.8 Å². The Balaban J connectivity index is 2.08. The first-order valence-corrected chi connectivity index (χ1v) is 6.76. The maximum Gasteiger partial charge on any atom is 0.323 e. The number of ether oxygens (including phenoxy) is 1. The van der Waals surface area contributed by atoms with Gasteiger partial charge >= 0.3 is 5.97 Å². The molecule has 1 aliphatic rings. The molecule has 0 aliphatic carbocycles. The van der Waals surface area contributed by atoms with Gasteiger partial charge in [0.2, 0.25) is 5.89 Å². The van der Waals surface area contributed by atoms with Crippen molar-refractivity contribution in [2.24, 2.45) is 0 Å². The Bertz CT molecular complexity index is 478. The minimum atomic E-state index is -0.517. The highest BCUT2D eigenvalue weighted by Gasteiger charge is 2.37. The zero-order chi connectivity index (χ0) is 14.9. The second-order valence-corrected chi connectivity index (χ2v) is 6.23. The van der Waals surface area contributed by atoms with Gasteiger partial charge in [-0.15, -0.1) is 0 Å². The molecule has 1 aliphatic heterocycles. The molecule has 2 atom stereocenters. The highest BCUT2D eigenvalue weighted by Crippen LogP contribution is 2.25. The fourth-order valence-corrected chi connectivity index (χ4v) is 2.34. The van der Waals surface area contributed by atoms with E-state index in [0.717, 1.165) is 5.76 Å². The molecular weight excluding hydrogens is 260 g/mol. The molecule has 0 spiro atoms. The monoisotopic (exact) mass is 282 g/mol. The van der Waals surface area contributed by atoms with Gasteiger partial charge in [-0.1, -0.05) is 20.8 Å². The number of hydrogen-bond acceptors (Lipinski definition) is 6. The molecule has 0 aromatic carbocycles. The van der Waals surface area contributed by atoms with Crippen LogP contribution >= 0.6 is 0 Å². The van der Waals surface area contributed by atoms with Crippen molar-refractivity contribution >= 4 is 5.97 Å². The molecule has 0 bridgehead atoms. The molecule has 0 saturated carbocycles. The average Bonchev–Trinajstić information content (AvgIpc) is 2.95. The van der Waals surface area contributed by atoms with E-state index in [1.807, 2.05) is 25.7 Å². The largest absolute Gasteiger partial charge is 0.468 e. The maximum absolute atomic E-state index is 11.7. The van der Waals surface area contributed by atoms with Gasteiger partial charge in [-0.25, -0.2) is 4.98 Å². The number of hydrogen-bond donors (Lipinski definition) is 1. The van der Waals surface area contributed by atoms with Gasteiger partial charge < -0.3 is 14.3 Å². The zero-order valence-electron chi connectivity index (χ0n) is 12.4. The Labute approximate surface area is 118 Å². The zero-order valence-corrected chi connectivity index (χ0v) is 12.4. The quantitative estimate of drug-likeness (QED) is 0.836. The number of aliphatic hydroxyl groups is 1. The maximum atomic E-state index is 11.7. The standard InChI is InChI=1S/C14H22N2O4/c1-14(2,3)11-6-15-12(20-11)8-16-7-9(17)5-10(16)13(18)19-4/h6,9-10,17H,5,7-8H2,1-4H3. The molecule has 112 valence electrons. The molecule has 0 radical (unpaired) electrons. The summed E-state index contributed by atoms with van der Waals surface area (Å²) in [6.07, 6.45) is 1.59. The predicted octanol–water partition coefficient (Wildman–Crippen LogP) is 1.08. The number of oxazole rings is 1. The molecule has 1 aromatic rings. The summed E-state index contributed by atoms with van der Waals surface area (Å²) in [5.74, 6) is 1.03. The molecule has 6 heteroatoms. The van der Waals surface area contributed by atoms with E-state index in [9.17, 15) is 9.90 Å². The van der Waals surface area contributed by atoms with Crippen molar-refractivity contribution < 1.29 is 19.1 Å². The lowest BCUT2D eigenvalue weighted by Gasteiger charge is -2.20. The fourth-order valence-electron chi connectivity index (χ4n) is 2.34. The number of likely N-dealkylation sites (tertiary alicyclic amines) is 1. The molecule has 0 amide bonds. The Hall–Kier alpha value is -1.40. The number of aromatic nitrogens is 1. The highest BCUT2D eigenvalue weighted by molar-refractivity contribution is 5.76. The number of nitrogens with zero attached hydrogens (tertiary/aromatic N) is 2. The molecular formula is C14H22N2O4. The van der Waals surface area contributed by atoms with Gasteiger partial charge in [0.1, 0.15) is 11.8 Å². The van der Waals surface area contributed by atoms with Crippen LogP contribution in [0.4, 0.5) is 0 Å². The smallest absolute Gasteiger partial charge is 0.323 e. The Morgan fingerprint density at radius 3 is 2.85 bits per heavy atom. The summed E-state index contributed by atoms with van der Waals surface area (Å²) in [7, 11) is 1.36. The SMILES string of the molecule is COC(=O)C1CC(O)CN1Cc1ncc(C(C)(C)C)o1. The number of carbonyl (C=O) groups is 1. The summed E-state index contributed by atoms with van der Waals surface area (Å²) in [4.78, 5) is 17.8. The van der Waals surface area contributed by atoms with Crippen molar-refractivity contribution in [1.82, 2.24) is 9.88 Å². The molecule has 2 heterocycles. The van der Waals surface area contributed by atoms with E-state index in [1.165, 1.54) is 7.11 Å². The van der Waals surface area contributed by atoms with Crippen LogP contribution in [0.15, 0.2) is 10.6 Å². The van der Waals surface area contributed by atoms with Crippen LogP contribution < -0.4 is 0 Å². The van der Waals surface area contributed by atoms with Gasteiger partial charge in [0.15, 0.2) is 0 Å². The lowest BCUT2D eigenvalue weighted by atomic mass is 9.94. The van der Waals surface area contributed by atoms with Crippen molar-refractivity contribution in [1.29, 1.82) is 0 Å². The summed E-state index contributed by atoms with van der Waals surface area (Å²) < 4.78 is 10.5. The lowest BCUT2D eigenvalue weighted by Crippen LogP contribution is -2.36. The van der Waals surface area contributed by atoms with Gasteiger partial charge in [-0.3, -0.25) is 9.69 Å². The third-order valence-electron chi connectivity index (χ3n) is 3.49. The van der Waals surface area contributed by atoms with E-state index < -0.39 is 12.1 Å². The average molecular weight is 282 g/mol. The summed E-state index contributed by atoms with van der Waals surface area (Å²) in [5.41, 5.74) is -0.0997. The normalized spacial score (nSPS) is 24.1. The third kappa shape index (κ3) is 3.19. The second kappa shape index (κ2) is 5.54. The molecule has 2 unspecified atom stereocenters. The molecule has 6 nitrogen and oxygen atoms in total. The number of methoxy groups -OCH3 is 1. The molecule has 1 N–H and O–H groups in total. The van der Waals surface area contributed by atoms with Crippen LogP contribution in [0.25, 0.3) is 0 Å². The van der Waals surface area contributed by atoms with Gasteiger partial charge in [-0.2, -0.15) is 0 Å². The van der Waals surface area contributed by atoms with Crippen LogP contribution in [0, 0.1) is 0 Å². The number of esters is 1. The van der Waals surface area contributed by atoms with Gasteiger partial charge in [-0.05, 0) is 0 Å². The molecule has 1 saturated heterocycles. The molecule has 1 aromatic heterocycles. The fraction of sp³-hybridized carbons (Fsp3) is 0.714. The summed E-state index contributed by atoms with van der Waals surface area (Å²) in [6, 6.07) is -0.431. The van der Waals surface area contributed by atoms with Crippen LogP contribution in [-0.2, 0) is 21.5 Å². The summed E-state index contributed by atoms with van der Waals surface area (Å²) in [5, 5.41) is 9.73. The number of β-amino-alcohol motifs (C(OH)–C–C–N with tert-alkyl or cyclic N) is 1. The Morgan fingerprint density at radius 1 is 1.60 bits per heavy atom. The molecule has 1 fully saturated rings. The first-order valence-electron chi connectivity index (χ1n) is 6.76. The van der Waals surface area contributed by atoms with Crippen LogP contribution in [0.5, 0.6) is 0 Å². The Kier molecular flexibility index (Phi) is 4.15. The van der Waals surface area contributed by atoms with Crippen LogP contribution in [0.3, 0.4) is 0 Å².